The quantitative estimate of drug-likeness (QED) is 0.604. The summed E-state index contributed by atoms with van der Waals surface area (Å²) < 4.78 is 9.97. The first-order valence-electron chi connectivity index (χ1n) is 4.59. The number of hydrogen-bond acceptors (Lipinski definition) is 4. The molecule has 4 nitrogen and oxygen atoms in total. The van der Waals surface area contributed by atoms with Crippen LogP contribution in [0.2, 0.25) is 0 Å². The van der Waals surface area contributed by atoms with Gasteiger partial charge in [0.15, 0.2) is 5.79 Å². The van der Waals surface area contributed by atoms with E-state index in [1.807, 2.05) is 0 Å². The molecule has 1 saturated heterocycles. The summed E-state index contributed by atoms with van der Waals surface area (Å²) in [7, 11) is 1.36. The summed E-state index contributed by atoms with van der Waals surface area (Å²) in [5, 5.41) is 10.1. The number of carbonyl (C=O) groups excluding carboxylic acids is 1. The second kappa shape index (κ2) is 2.69. The van der Waals surface area contributed by atoms with Gasteiger partial charge in [-0.25, -0.2) is 0 Å². The van der Waals surface area contributed by atoms with Gasteiger partial charge < -0.3 is 14.6 Å². The van der Waals surface area contributed by atoms with E-state index in [0.29, 0.717) is 25.9 Å². The number of carbonyl (C=O) groups is 1. The lowest BCUT2D eigenvalue weighted by Crippen LogP contribution is -2.46. The minimum absolute atomic E-state index is 0.329. The Bertz CT molecular complexity index is 226. The molecule has 1 heterocycles. The van der Waals surface area contributed by atoms with Crippen molar-refractivity contribution in [3.8, 4) is 0 Å². The molecule has 0 aromatic rings. The van der Waals surface area contributed by atoms with Crippen molar-refractivity contribution in [2.75, 3.05) is 13.7 Å². The van der Waals surface area contributed by atoms with Crippen LogP contribution in [0.3, 0.4) is 0 Å². The summed E-state index contributed by atoms with van der Waals surface area (Å²) in [5.41, 5.74) is -0.776. The fourth-order valence-electron chi connectivity index (χ4n) is 2.55. The molecule has 0 aromatic heterocycles. The van der Waals surface area contributed by atoms with Crippen molar-refractivity contribution in [1.29, 1.82) is 0 Å². The Morgan fingerprint density at radius 3 is 2.92 bits per heavy atom. The van der Waals surface area contributed by atoms with Crippen molar-refractivity contribution >= 4 is 5.97 Å². The van der Waals surface area contributed by atoms with E-state index >= 15 is 0 Å². The minimum atomic E-state index is -1.25. The largest absolute Gasteiger partial charge is 0.468 e. The Morgan fingerprint density at radius 1 is 1.46 bits per heavy atom. The summed E-state index contributed by atoms with van der Waals surface area (Å²) in [6.45, 7) is 0.450. The second-order valence-corrected chi connectivity index (χ2v) is 3.81. The fraction of sp³-hybridized carbons (Fsp3) is 0.889. The van der Waals surface area contributed by atoms with Gasteiger partial charge in [0, 0.05) is 6.42 Å². The van der Waals surface area contributed by atoms with Crippen LogP contribution < -0.4 is 0 Å². The summed E-state index contributed by atoms with van der Waals surface area (Å²) in [6.07, 6.45) is 2.63. The van der Waals surface area contributed by atoms with Gasteiger partial charge in [-0.1, -0.05) is 0 Å². The third-order valence-corrected chi connectivity index (χ3v) is 3.31. The first-order chi connectivity index (χ1) is 6.15. The molecule has 1 aliphatic heterocycles. The highest BCUT2D eigenvalue weighted by Crippen LogP contribution is 2.54. The molecule has 0 bridgehead atoms. The fourth-order valence-corrected chi connectivity index (χ4v) is 2.55. The van der Waals surface area contributed by atoms with Gasteiger partial charge in [0.1, 0.15) is 5.41 Å². The molecule has 0 radical (unpaired) electrons. The molecule has 4 heteroatoms. The van der Waals surface area contributed by atoms with Gasteiger partial charge in [-0.15, -0.1) is 0 Å². The smallest absolute Gasteiger partial charge is 0.317 e. The monoisotopic (exact) mass is 186 g/mol. The van der Waals surface area contributed by atoms with Gasteiger partial charge in [0.25, 0.3) is 0 Å². The average Bonchev–Trinajstić information content (AvgIpc) is 2.57. The van der Waals surface area contributed by atoms with E-state index in [9.17, 15) is 9.90 Å². The van der Waals surface area contributed by atoms with Gasteiger partial charge in [0.2, 0.25) is 0 Å². The van der Waals surface area contributed by atoms with Crippen molar-refractivity contribution in [1.82, 2.24) is 0 Å². The third-order valence-electron chi connectivity index (χ3n) is 3.31. The maximum absolute atomic E-state index is 11.6. The number of ether oxygens (including phenoxy) is 2. The van der Waals surface area contributed by atoms with Crippen LogP contribution in [0.25, 0.3) is 0 Å². The molecule has 74 valence electrons. The molecule has 1 aliphatic carbocycles. The maximum Gasteiger partial charge on any atom is 0.317 e. The van der Waals surface area contributed by atoms with Gasteiger partial charge in [-0.3, -0.25) is 4.79 Å². The van der Waals surface area contributed by atoms with Crippen molar-refractivity contribution < 1.29 is 19.4 Å². The Kier molecular flexibility index (Phi) is 1.85. The third kappa shape index (κ3) is 0.957. The SMILES string of the molecule is COC(=O)C12CCCC1(O)OCC2. The van der Waals surface area contributed by atoms with Crippen LogP contribution in [0.5, 0.6) is 0 Å². The number of fused-ring (bicyclic) bond motifs is 1. The first kappa shape index (κ1) is 8.97. The van der Waals surface area contributed by atoms with Crippen molar-refractivity contribution in [2.45, 2.75) is 31.5 Å². The molecule has 2 fully saturated rings. The molecule has 0 amide bonds. The summed E-state index contributed by atoms with van der Waals surface area (Å²) in [4.78, 5) is 11.6. The Hall–Kier alpha value is -0.610. The molecule has 0 aromatic carbocycles. The standard InChI is InChI=1S/C9H14O4/c1-12-7(10)8-3-2-4-9(8,11)13-6-5-8/h11H,2-6H2,1H3. The van der Waals surface area contributed by atoms with Crippen LogP contribution in [-0.2, 0) is 14.3 Å². The first-order valence-corrected chi connectivity index (χ1v) is 4.59. The Balaban J connectivity index is 2.33. The Labute approximate surface area is 76.8 Å². The zero-order valence-electron chi connectivity index (χ0n) is 7.71. The van der Waals surface area contributed by atoms with E-state index < -0.39 is 11.2 Å². The van der Waals surface area contributed by atoms with Crippen LogP contribution in [-0.4, -0.2) is 30.6 Å². The zero-order chi connectivity index (χ0) is 9.53. The number of rotatable bonds is 1. The van der Waals surface area contributed by atoms with E-state index in [2.05, 4.69) is 0 Å². The molecule has 0 spiro atoms. The summed E-state index contributed by atoms with van der Waals surface area (Å²) in [6, 6.07) is 0. The number of aliphatic hydroxyl groups is 1. The molecular formula is C9H14O4. The van der Waals surface area contributed by atoms with Gasteiger partial charge in [0.05, 0.1) is 13.7 Å². The van der Waals surface area contributed by atoms with E-state index in [-0.39, 0.29) is 5.97 Å². The van der Waals surface area contributed by atoms with E-state index in [4.69, 9.17) is 9.47 Å². The van der Waals surface area contributed by atoms with Crippen LogP contribution in [0.4, 0.5) is 0 Å². The number of methoxy groups -OCH3 is 1. The van der Waals surface area contributed by atoms with Crippen LogP contribution in [0.1, 0.15) is 25.7 Å². The normalized spacial score (nSPS) is 43.2. The lowest BCUT2D eigenvalue weighted by Gasteiger charge is -2.31. The lowest BCUT2D eigenvalue weighted by molar-refractivity contribution is -0.221. The molecule has 2 rings (SSSR count). The van der Waals surface area contributed by atoms with Crippen LogP contribution >= 0.6 is 0 Å². The topological polar surface area (TPSA) is 55.8 Å². The lowest BCUT2D eigenvalue weighted by atomic mass is 9.80. The maximum atomic E-state index is 11.6. The average molecular weight is 186 g/mol. The molecular weight excluding hydrogens is 172 g/mol. The van der Waals surface area contributed by atoms with Gasteiger partial charge in [-0.2, -0.15) is 0 Å². The highest BCUT2D eigenvalue weighted by molar-refractivity contribution is 5.79. The molecule has 2 atom stereocenters. The van der Waals surface area contributed by atoms with E-state index in [1.54, 1.807) is 0 Å². The number of esters is 1. The Morgan fingerprint density at radius 2 is 2.23 bits per heavy atom. The molecule has 13 heavy (non-hydrogen) atoms. The van der Waals surface area contributed by atoms with Crippen molar-refractivity contribution in [3.05, 3.63) is 0 Å². The highest BCUT2D eigenvalue weighted by atomic mass is 16.6. The predicted molar refractivity (Wildman–Crippen MR) is 43.8 cm³/mol. The highest BCUT2D eigenvalue weighted by Gasteiger charge is 2.64. The van der Waals surface area contributed by atoms with Crippen molar-refractivity contribution in [2.24, 2.45) is 5.41 Å². The zero-order valence-corrected chi connectivity index (χ0v) is 7.71. The van der Waals surface area contributed by atoms with Crippen LogP contribution in [0, 0.1) is 5.41 Å². The number of hydrogen-bond donors (Lipinski definition) is 1. The van der Waals surface area contributed by atoms with Gasteiger partial charge >= 0.3 is 5.97 Å². The predicted octanol–water partition coefficient (Wildman–Crippen LogP) is 0.439. The van der Waals surface area contributed by atoms with Crippen LogP contribution in [0.15, 0.2) is 0 Å². The summed E-state index contributed by atoms with van der Waals surface area (Å²) in [5.74, 6) is -1.58. The summed E-state index contributed by atoms with van der Waals surface area (Å²) >= 11 is 0. The molecule has 2 unspecified atom stereocenters. The minimum Gasteiger partial charge on any atom is -0.468 e. The van der Waals surface area contributed by atoms with E-state index in [0.717, 1.165) is 6.42 Å². The second-order valence-electron chi connectivity index (χ2n) is 3.81. The van der Waals surface area contributed by atoms with E-state index in [1.165, 1.54) is 7.11 Å². The molecule has 2 aliphatic rings. The molecule has 1 saturated carbocycles. The van der Waals surface area contributed by atoms with Gasteiger partial charge in [-0.05, 0) is 19.3 Å². The van der Waals surface area contributed by atoms with Crippen molar-refractivity contribution in [3.63, 3.8) is 0 Å². The molecule has 1 N–H and O–H groups in total.